The second-order valence-electron chi connectivity index (χ2n) is 8.54. The fourth-order valence-electron chi connectivity index (χ4n) is 3.14. The highest BCUT2D eigenvalue weighted by molar-refractivity contribution is 5.84. The van der Waals surface area contributed by atoms with Gasteiger partial charge in [-0.2, -0.15) is 0 Å². The Kier molecular flexibility index (Phi) is 5.32. The van der Waals surface area contributed by atoms with Crippen LogP contribution < -0.4 is 21.5 Å². The quantitative estimate of drug-likeness (QED) is 0.683. The lowest BCUT2D eigenvalue weighted by Crippen LogP contribution is -2.50. The SMILES string of the molecule is CC1=C(N)Nc2cc(C(N)(Cc3ccc(C)cc3)C(=O)OC(C)(C)C)ccc2O1. The van der Waals surface area contributed by atoms with Crippen molar-refractivity contribution in [3.05, 3.63) is 70.7 Å². The molecule has 0 aliphatic carbocycles. The van der Waals surface area contributed by atoms with E-state index in [0.717, 1.165) is 11.1 Å². The highest BCUT2D eigenvalue weighted by atomic mass is 16.6. The van der Waals surface area contributed by atoms with Crippen molar-refractivity contribution in [2.24, 2.45) is 11.5 Å². The smallest absolute Gasteiger partial charge is 0.331 e. The fourth-order valence-corrected chi connectivity index (χ4v) is 3.14. The molecule has 29 heavy (non-hydrogen) atoms. The third-order valence-corrected chi connectivity index (χ3v) is 4.77. The van der Waals surface area contributed by atoms with E-state index in [-0.39, 0.29) is 0 Å². The predicted octanol–water partition coefficient (Wildman–Crippen LogP) is 3.69. The predicted molar refractivity (Wildman–Crippen MR) is 114 cm³/mol. The molecule has 0 saturated carbocycles. The summed E-state index contributed by atoms with van der Waals surface area (Å²) < 4.78 is 11.4. The number of aryl methyl sites for hydroxylation is 1. The molecule has 154 valence electrons. The number of benzene rings is 2. The Morgan fingerprint density at radius 1 is 1.10 bits per heavy atom. The molecule has 2 aromatic carbocycles. The van der Waals surface area contributed by atoms with Gasteiger partial charge >= 0.3 is 5.97 Å². The number of fused-ring (bicyclic) bond motifs is 1. The number of rotatable bonds is 4. The molecule has 0 spiro atoms. The fraction of sp³-hybridized carbons (Fsp3) is 0.348. The van der Waals surface area contributed by atoms with E-state index in [1.54, 1.807) is 25.1 Å². The topological polar surface area (TPSA) is 99.6 Å². The number of hydrogen-bond acceptors (Lipinski definition) is 6. The lowest BCUT2D eigenvalue weighted by molar-refractivity contribution is -0.162. The zero-order valence-corrected chi connectivity index (χ0v) is 17.6. The number of ether oxygens (including phenoxy) is 2. The van der Waals surface area contributed by atoms with Crippen LogP contribution in [0.3, 0.4) is 0 Å². The third kappa shape index (κ3) is 4.54. The standard InChI is InChI=1S/C23H29N3O3/c1-14-6-8-16(9-7-14)13-23(25,21(27)29-22(3,4)5)17-10-11-19-18(12-17)26-20(24)15(2)28-19/h6-12,26H,13,24-25H2,1-5H3. The number of allylic oxidation sites excluding steroid dienone is 1. The Morgan fingerprint density at radius 3 is 2.38 bits per heavy atom. The summed E-state index contributed by atoms with van der Waals surface area (Å²) in [5, 5.41) is 3.11. The zero-order valence-electron chi connectivity index (χ0n) is 17.6. The van der Waals surface area contributed by atoms with E-state index in [1.165, 1.54) is 0 Å². The maximum atomic E-state index is 13.2. The number of nitrogens with one attached hydrogen (secondary N) is 1. The van der Waals surface area contributed by atoms with Gasteiger partial charge in [0.05, 0.1) is 5.69 Å². The summed E-state index contributed by atoms with van der Waals surface area (Å²) in [5.74, 6) is 1.16. The molecule has 2 aromatic rings. The second kappa shape index (κ2) is 7.44. The third-order valence-electron chi connectivity index (χ3n) is 4.77. The Bertz CT molecular complexity index is 958. The number of carbonyl (C=O) groups is 1. The van der Waals surface area contributed by atoms with E-state index in [9.17, 15) is 4.79 Å². The van der Waals surface area contributed by atoms with E-state index >= 15 is 0 Å². The van der Waals surface area contributed by atoms with Gasteiger partial charge in [0.1, 0.15) is 22.7 Å². The van der Waals surface area contributed by atoms with E-state index in [4.69, 9.17) is 20.9 Å². The van der Waals surface area contributed by atoms with Crippen LogP contribution >= 0.6 is 0 Å². The van der Waals surface area contributed by atoms with Crippen LogP contribution in [0.5, 0.6) is 5.75 Å². The maximum absolute atomic E-state index is 13.2. The lowest BCUT2D eigenvalue weighted by Gasteiger charge is -2.33. The van der Waals surface area contributed by atoms with E-state index in [0.29, 0.717) is 35.0 Å². The van der Waals surface area contributed by atoms with E-state index < -0.39 is 17.1 Å². The van der Waals surface area contributed by atoms with Crippen LogP contribution in [0.4, 0.5) is 5.69 Å². The van der Waals surface area contributed by atoms with Crippen molar-refractivity contribution in [2.45, 2.75) is 52.2 Å². The van der Waals surface area contributed by atoms with Crippen LogP contribution in [0.2, 0.25) is 0 Å². The minimum atomic E-state index is -1.37. The Balaban J connectivity index is 2.02. The van der Waals surface area contributed by atoms with Gasteiger partial charge in [-0.1, -0.05) is 35.9 Å². The van der Waals surface area contributed by atoms with E-state index in [1.807, 2.05) is 52.0 Å². The molecule has 6 heteroatoms. The Morgan fingerprint density at radius 2 is 1.76 bits per heavy atom. The first-order chi connectivity index (χ1) is 13.5. The Labute approximate surface area is 171 Å². The molecule has 1 unspecified atom stereocenters. The molecule has 0 bridgehead atoms. The van der Waals surface area contributed by atoms with Crippen molar-refractivity contribution in [3.63, 3.8) is 0 Å². The molecule has 6 nitrogen and oxygen atoms in total. The number of nitrogens with two attached hydrogens (primary N) is 2. The second-order valence-corrected chi connectivity index (χ2v) is 8.54. The molecule has 0 aromatic heterocycles. The van der Waals surface area contributed by atoms with Crippen LogP contribution in [0.25, 0.3) is 0 Å². The molecule has 0 saturated heterocycles. The van der Waals surface area contributed by atoms with Crippen molar-refractivity contribution >= 4 is 11.7 Å². The molecule has 0 fully saturated rings. The molecule has 0 radical (unpaired) electrons. The van der Waals surface area contributed by atoms with Crippen LogP contribution in [-0.4, -0.2) is 11.6 Å². The minimum Gasteiger partial charge on any atom is -0.458 e. The highest BCUT2D eigenvalue weighted by Gasteiger charge is 2.40. The molecular weight excluding hydrogens is 366 g/mol. The van der Waals surface area contributed by atoms with Crippen LogP contribution in [0.15, 0.2) is 54.0 Å². The van der Waals surface area contributed by atoms with Gasteiger partial charge in [-0.25, -0.2) is 4.79 Å². The summed E-state index contributed by atoms with van der Waals surface area (Å²) >= 11 is 0. The summed E-state index contributed by atoms with van der Waals surface area (Å²) in [5.41, 5.74) is 14.0. The molecule has 0 amide bonds. The molecule has 1 aliphatic heterocycles. The van der Waals surface area contributed by atoms with Crippen LogP contribution in [-0.2, 0) is 21.5 Å². The van der Waals surface area contributed by atoms with Gasteiger partial charge in [-0.3, -0.25) is 0 Å². The van der Waals surface area contributed by atoms with Crippen molar-refractivity contribution < 1.29 is 14.3 Å². The molecule has 5 N–H and O–H groups in total. The van der Waals surface area contributed by atoms with Gasteiger partial charge in [0.15, 0.2) is 5.75 Å². The Hall–Kier alpha value is -2.99. The number of carbonyl (C=O) groups excluding carboxylic acids is 1. The summed E-state index contributed by atoms with van der Waals surface area (Å²) in [4.78, 5) is 13.2. The average Bonchev–Trinajstić information content (AvgIpc) is 2.62. The number of anilines is 1. The summed E-state index contributed by atoms with van der Waals surface area (Å²) in [6.45, 7) is 9.28. The zero-order chi connectivity index (χ0) is 21.4. The van der Waals surface area contributed by atoms with Gasteiger partial charge in [0, 0.05) is 6.42 Å². The summed E-state index contributed by atoms with van der Waals surface area (Å²) in [6, 6.07) is 13.3. The van der Waals surface area contributed by atoms with E-state index in [2.05, 4.69) is 5.32 Å². The first kappa shape index (κ1) is 20.7. The molecule has 1 heterocycles. The van der Waals surface area contributed by atoms with Crippen LogP contribution in [0, 0.1) is 6.92 Å². The highest BCUT2D eigenvalue weighted by Crippen LogP contribution is 2.36. The molecular formula is C23H29N3O3. The average molecular weight is 396 g/mol. The van der Waals surface area contributed by atoms with Gasteiger partial charge in [-0.15, -0.1) is 0 Å². The summed E-state index contributed by atoms with van der Waals surface area (Å²) in [6.07, 6.45) is 0.298. The number of hydrogen-bond donors (Lipinski definition) is 3. The normalized spacial score (nSPS) is 15.7. The van der Waals surface area contributed by atoms with Gasteiger partial charge < -0.3 is 26.3 Å². The first-order valence-electron chi connectivity index (χ1n) is 9.61. The molecule has 1 atom stereocenters. The van der Waals surface area contributed by atoms with Crippen LogP contribution in [0.1, 0.15) is 44.4 Å². The van der Waals surface area contributed by atoms with Crippen molar-refractivity contribution in [2.75, 3.05) is 5.32 Å². The monoisotopic (exact) mass is 395 g/mol. The van der Waals surface area contributed by atoms with Gasteiger partial charge in [-0.05, 0) is 57.9 Å². The number of esters is 1. The molecule has 3 rings (SSSR count). The van der Waals surface area contributed by atoms with Gasteiger partial charge in [0.2, 0.25) is 0 Å². The van der Waals surface area contributed by atoms with Crippen molar-refractivity contribution in [3.8, 4) is 5.75 Å². The largest absolute Gasteiger partial charge is 0.458 e. The maximum Gasteiger partial charge on any atom is 0.331 e. The first-order valence-corrected chi connectivity index (χ1v) is 9.61. The minimum absolute atomic E-state index is 0.298. The summed E-state index contributed by atoms with van der Waals surface area (Å²) in [7, 11) is 0. The lowest BCUT2D eigenvalue weighted by atomic mass is 9.84. The van der Waals surface area contributed by atoms with Gasteiger partial charge in [0.25, 0.3) is 0 Å². The van der Waals surface area contributed by atoms with Crippen molar-refractivity contribution in [1.82, 2.24) is 0 Å². The molecule has 1 aliphatic rings. The van der Waals surface area contributed by atoms with Crippen molar-refractivity contribution in [1.29, 1.82) is 0 Å².